The lowest BCUT2D eigenvalue weighted by Crippen LogP contribution is -2.41. The van der Waals surface area contributed by atoms with E-state index in [2.05, 4.69) is 5.32 Å². The number of hydrogen-bond donors (Lipinski definition) is 1. The van der Waals surface area contributed by atoms with E-state index in [-0.39, 0.29) is 17.7 Å². The van der Waals surface area contributed by atoms with Crippen LogP contribution in [0, 0.1) is 19.8 Å². The number of hydrogen-bond acceptors (Lipinski definition) is 2. The molecule has 2 aromatic rings. The third-order valence-electron chi connectivity index (χ3n) is 4.74. The highest BCUT2D eigenvalue weighted by Gasteiger charge is 2.27. The zero-order valence-corrected chi connectivity index (χ0v) is 14.8. The van der Waals surface area contributed by atoms with Crippen LogP contribution in [0.1, 0.15) is 34.3 Å². The molecule has 3 rings (SSSR count). The predicted octanol–water partition coefficient (Wildman–Crippen LogP) is 3.79. The topological polar surface area (TPSA) is 49.4 Å². The Labute approximate surface area is 148 Å². The highest BCUT2D eigenvalue weighted by atomic mass is 16.2. The highest BCUT2D eigenvalue weighted by molar-refractivity contribution is 5.95. The van der Waals surface area contributed by atoms with Gasteiger partial charge < -0.3 is 10.2 Å². The molecule has 25 heavy (non-hydrogen) atoms. The summed E-state index contributed by atoms with van der Waals surface area (Å²) >= 11 is 0. The molecule has 1 aliphatic rings. The van der Waals surface area contributed by atoms with Gasteiger partial charge in [-0.15, -0.1) is 0 Å². The molecule has 130 valence electrons. The number of anilines is 1. The molecular formula is C21H24N2O2. The van der Waals surface area contributed by atoms with Crippen LogP contribution in [0.25, 0.3) is 0 Å². The van der Waals surface area contributed by atoms with Gasteiger partial charge in [-0.1, -0.05) is 29.8 Å². The van der Waals surface area contributed by atoms with Gasteiger partial charge in [0.05, 0.1) is 0 Å². The summed E-state index contributed by atoms with van der Waals surface area (Å²) in [5.41, 5.74) is 3.82. The van der Waals surface area contributed by atoms with Crippen molar-refractivity contribution in [3.05, 3.63) is 65.2 Å². The standard InChI is InChI=1S/C21H24N2O2/c1-15-6-8-18(9-7-15)21(25)23-12-10-17(11-13-23)20(24)22-19-5-3-4-16(2)14-19/h3-9,14,17H,10-13H2,1-2H3,(H,22,24). The Morgan fingerprint density at radius 3 is 2.28 bits per heavy atom. The van der Waals surface area contributed by atoms with Crippen LogP contribution < -0.4 is 5.32 Å². The second kappa shape index (κ2) is 7.51. The Morgan fingerprint density at radius 2 is 1.64 bits per heavy atom. The first-order valence-electron chi connectivity index (χ1n) is 8.76. The van der Waals surface area contributed by atoms with Crippen molar-refractivity contribution in [2.24, 2.45) is 5.92 Å². The van der Waals surface area contributed by atoms with Crippen molar-refractivity contribution in [3.63, 3.8) is 0 Å². The summed E-state index contributed by atoms with van der Waals surface area (Å²) in [5.74, 6) is 0.0631. The number of aryl methyl sites for hydroxylation is 2. The number of amides is 2. The molecule has 0 spiro atoms. The van der Waals surface area contributed by atoms with Crippen molar-refractivity contribution in [1.29, 1.82) is 0 Å². The zero-order chi connectivity index (χ0) is 17.8. The molecule has 2 amide bonds. The fourth-order valence-electron chi connectivity index (χ4n) is 3.19. The van der Waals surface area contributed by atoms with E-state index >= 15 is 0 Å². The minimum Gasteiger partial charge on any atom is -0.339 e. The first kappa shape index (κ1) is 17.2. The van der Waals surface area contributed by atoms with Gasteiger partial charge in [0.2, 0.25) is 5.91 Å². The van der Waals surface area contributed by atoms with Crippen molar-refractivity contribution in [2.75, 3.05) is 18.4 Å². The Kier molecular flexibility index (Phi) is 5.17. The van der Waals surface area contributed by atoms with Crippen molar-refractivity contribution < 1.29 is 9.59 Å². The average molecular weight is 336 g/mol. The number of nitrogens with one attached hydrogen (secondary N) is 1. The molecule has 4 nitrogen and oxygen atoms in total. The lowest BCUT2D eigenvalue weighted by Gasteiger charge is -2.31. The van der Waals surface area contributed by atoms with Gasteiger partial charge in [0.15, 0.2) is 0 Å². The highest BCUT2D eigenvalue weighted by Crippen LogP contribution is 2.21. The van der Waals surface area contributed by atoms with Gasteiger partial charge in [0.1, 0.15) is 0 Å². The van der Waals surface area contributed by atoms with Gasteiger partial charge in [-0.05, 0) is 56.5 Å². The van der Waals surface area contributed by atoms with Gasteiger partial charge in [-0.2, -0.15) is 0 Å². The summed E-state index contributed by atoms with van der Waals surface area (Å²) in [6.45, 7) is 5.26. The normalized spacial score (nSPS) is 15.0. The number of piperidine rings is 1. The molecule has 1 heterocycles. The number of nitrogens with zero attached hydrogens (tertiary/aromatic N) is 1. The number of rotatable bonds is 3. The molecule has 1 fully saturated rings. The summed E-state index contributed by atoms with van der Waals surface area (Å²) < 4.78 is 0. The average Bonchev–Trinajstić information content (AvgIpc) is 2.62. The first-order valence-corrected chi connectivity index (χ1v) is 8.76. The van der Waals surface area contributed by atoms with Gasteiger partial charge >= 0.3 is 0 Å². The molecule has 4 heteroatoms. The summed E-state index contributed by atoms with van der Waals surface area (Å²) in [4.78, 5) is 26.8. The second-order valence-corrected chi connectivity index (χ2v) is 6.79. The summed E-state index contributed by atoms with van der Waals surface area (Å²) in [6, 6.07) is 15.5. The third kappa shape index (κ3) is 4.27. The van der Waals surface area contributed by atoms with E-state index in [4.69, 9.17) is 0 Å². The minimum absolute atomic E-state index is 0.0393. The van der Waals surface area contributed by atoms with Gasteiger partial charge in [0.25, 0.3) is 5.91 Å². The molecule has 0 radical (unpaired) electrons. The maximum absolute atomic E-state index is 12.5. The lowest BCUT2D eigenvalue weighted by molar-refractivity contribution is -0.121. The molecule has 0 unspecified atom stereocenters. The van der Waals surface area contributed by atoms with Gasteiger partial charge in [-0.3, -0.25) is 9.59 Å². The first-order chi connectivity index (χ1) is 12.0. The van der Waals surface area contributed by atoms with Crippen LogP contribution in [0.3, 0.4) is 0 Å². The molecule has 0 aromatic heterocycles. The van der Waals surface area contributed by atoms with Crippen LogP contribution >= 0.6 is 0 Å². The molecule has 0 saturated carbocycles. The van der Waals surface area contributed by atoms with Crippen LogP contribution in [-0.2, 0) is 4.79 Å². The van der Waals surface area contributed by atoms with Crippen LogP contribution in [-0.4, -0.2) is 29.8 Å². The Hall–Kier alpha value is -2.62. The van der Waals surface area contributed by atoms with E-state index in [1.54, 1.807) is 0 Å². The quantitative estimate of drug-likeness (QED) is 0.927. The molecule has 2 aromatic carbocycles. The fourth-order valence-corrected chi connectivity index (χ4v) is 3.19. The molecule has 1 saturated heterocycles. The van der Waals surface area contributed by atoms with Crippen LogP contribution in [0.2, 0.25) is 0 Å². The van der Waals surface area contributed by atoms with E-state index in [9.17, 15) is 9.59 Å². The molecule has 0 atom stereocenters. The van der Waals surface area contributed by atoms with Crippen LogP contribution in [0.5, 0.6) is 0 Å². The SMILES string of the molecule is Cc1ccc(C(=O)N2CCC(C(=O)Nc3cccc(C)c3)CC2)cc1. The van der Waals surface area contributed by atoms with E-state index < -0.39 is 0 Å². The monoisotopic (exact) mass is 336 g/mol. The summed E-state index contributed by atoms with van der Waals surface area (Å²) in [6.07, 6.45) is 1.41. The van der Waals surface area contributed by atoms with Gasteiger partial charge in [0, 0.05) is 30.3 Å². The smallest absolute Gasteiger partial charge is 0.253 e. The molecule has 0 bridgehead atoms. The van der Waals surface area contributed by atoms with Crippen molar-refractivity contribution in [2.45, 2.75) is 26.7 Å². The maximum Gasteiger partial charge on any atom is 0.253 e. The van der Waals surface area contributed by atoms with Crippen molar-refractivity contribution in [3.8, 4) is 0 Å². The molecule has 0 aliphatic carbocycles. The van der Waals surface area contributed by atoms with E-state index in [1.807, 2.05) is 67.3 Å². The Morgan fingerprint density at radius 1 is 0.960 bits per heavy atom. The van der Waals surface area contributed by atoms with Crippen LogP contribution in [0.15, 0.2) is 48.5 Å². The zero-order valence-electron chi connectivity index (χ0n) is 14.8. The summed E-state index contributed by atoms with van der Waals surface area (Å²) in [7, 11) is 0. The number of likely N-dealkylation sites (tertiary alicyclic amines) is 1. The van der Waals surface area contributed by atoms with Crippen molar-refractivity contribution in [1.82, 2.24) is 4.90 Å². The molecular weight excluding hydrogens is 312 g/mol. The fraction of sp³-hybridized carbons (Fsp3) is 0.333. The number of carbonyl (C=O) groups excluding carboxylic acids is 2. The Bertz CT molecular complexity index is 760. The minimum atomic E-state index is -0.0393. The number of benzene rings is 2. The van der Waals surface area contributed by atoms with Crippen LogP contribution in [0.4, 0.5) is 5.69 Å². The largest absolute Gasteiger partial charge is 0.339 e. The second-order valence-electron chi connectivity index (χ2n) is 6.79. The van der Waals surface area contributed by atoms with Crippen molar-refractivity contribution >= 4 is 17.5 Å². The lowest BCUT2D eigenvalue weighted by atomic mass is 9.95. The van der Waals surface area contributed by atoms with E-state index in [0.717, 1.165) is 16.8 Å². The van der Waals surface area contributed by atoms with E-state index in [0.29, 0.717) is 31.5 Å². The predicted molar refractivity (Wildman–Crippen MR) is 99.6 cm³/mol. The van der Waals surface area contributed by atoms with E-state index in [1.165, 1.54) is 0 Å². The summed E-state index contributed by atoms with van der Waals surface area (Å²) in [5, 5.41) is 2.99. The number of carbonyl (C=O) groups is 2. The Balaban J connectivity index is 1.55. The maximum atomic E-state index is 12.5. The molecule has 1 N–H and O–H groups in total. The third-order valence-corrected chi connectivity index (χ3v) is 4.74. The van der Waals surface area contributed by atoms with Gasteiger partial charge in [-0.25, -0.2) is 0 Å². The molecule has 1 aliphatic heterocycles.